The van der Waals surface area contributed by atoms with Gasteiger partial charge in [0.05, 0.1) is 24.2 Å². The first-order valence-corrected chi connectivity index (χ1v) is 14.6. The van der Waals surface area contributed by atoms with Gasteiger partial charge in [0, 0.05) is 24.7 Å². The van der Waals surface area contributed by atoms with Crippen LogP contribution in [0.15, 0.2) is 35.6 Å². The SMILES string of the molecule is Cc1cccc(CS(=O)(=O)c2ncc(CN(CCN(C)C)C(=O)NC(C)(C)C)n2C2CCCCC2)c1. The number of carbonyl (C=O) groups excluding carboxylic acids is 1. The van der Waals surface area contributed by atoms with Crippen LogP contribution in [0.5, 0.6) is 0 Å². The minimum Gasteiger partial charge on any atom is -0.333 e. The predicted molar refractivity (Wildman–Crippen MR) is 144 cm³/mol. The molecule has 8 nitrogen and oxygen atoms in total. The van der Waals surface area contributed by atoms with Crippen molar-refractivity contribution < 1.29 is 13.2 Å². The van der Waals surface area contributed by atoms with Gasteiger partial charge in [0.1, 0.15) is 0 Å². The van der Waals surface area contributed by atoms with E-state index in [2.05, 4.69) is 10.3 Å². The summed E-state index contributed by atoms with van der Waals surface area (Å²) in [7, 11) is 0.273. The highest BCUT2D eigenvalue weighted by Gasteiger charge is 2.30. The van der Waals surface area contributed by atoms with E-state index in [-0.39, 0.29) is 28.5 Å². The molecule has 1 fully saturated rings. The number of amides is 2. The van der Waals surface area contributed by atoms with Crippen LogP contribution in [-0.2, 0) is 22.1 Å². The fourth-order valence-corrected chi connectivity index (χ4v) is 6.24. The first-order chi connectivity index (χ1) is 16.9. The molecule has 1 aliphatic carbocycles. The Morgan fingerprint density at radius 2 is 1.83 bits per heavy atom. The molecular formula is C27H43N5O3S. The highest BCUT2D eigenvalue weighted by atomic mass is 32.2. The van der Waals surface area contributed by atoms with Gasteiger partial charge in [-0.25, -0.2) is 18.2 Å². The third kappa shape index (κ3) is 7.80. The molecule has 200 valence electrons. The molecule has 1 aliphatic rings. The summed E-state index contributed by atoms with van der Waals surface area (Å²) in [5.74, 6) is -0.0906. The van der Waals surface area contributed by atoms with Crippen LogP contribution in [0.4, 0.5) is 4.79 Å². The number of likely N-dealkylation sites (N-methyl/N-ethyl adjacent to an activating group) is 1. The van der Waals surface area contributed by atoms with Crippen molar-refractivity contribution in [3.63, 3.8) is 0 Å². The summed E-state index contributed by atoms with van der Waals surface area (Å²) in [6.07, 6.45) is 6.78. The number of rotatable bonds is 9. The van der Waals surface area contributed by atoms with Crippen molar-refractivity contribution >= 4 is 15.9 Å². The fourth-order valence-electron chi connectivity index (χ4n) is 4.71. The third-order valence-electron chi connectivity index (χ3n) is 6.44. The minimum atomic E-state index is -3.68. The number of sulfone groups is 1. The fraction of sp³-hybridized carbons (Fsp3) is 0.630. The van der Waals surface area contributed by atoms with Crippen LogP contribution in [0, 0.1) is 6.92 Å². The maximum atomic E-state index is 13.6. The molecule has 0 saturated heterocycles. The molecular weight excluding hydrogens is 474 g/mol. The number of aryl methyl sites for hydroxylation is 1. The van der Waals surface area contributed by atoms with E-state index in [1.165, 1.54) is 0 Å². The lowest BCUT2D eigenvalue weighted by molar-refractivity contribution is 0.177. The number of imidazole rings is 1. The maximum absolute atomic E-state index is 13.6. The van der Waals surface area contributed by atoms with Crippen molar-refractivity contribution in [2.75, 3.05) is 27.2 Å². The number of benzene rings is 1. The molecule has 0 bridgehead atoms. The molecule has 9 heteroatoms. The lowest BCUT2D eigenvalue weighted by Gasteiger charge is -2.31. The molecule has 3 rings (SSSR count). The van der Waals surface area contributed by atoms with Crippen LogP contribution in [-0.4, -0.2) is 66.5 Å². The van der Waals surface area contributed by atoms with Crippen molar-refractivity contribution in [3.8, 4) is 0 Å². The molecule has 2 amide bonds. The average molecular weight is 518 g/mol. The van der Waals surface area contributed by atoms with Gasteiger partial charge >= 0.3 is 6.03 Å². The largest absolute Gasteiger partial charge is 0.333 e. The van der Waals surface area contributed by atoms with E-state index < -0.39 is 9.84 Å². The molecule has 1 aromatic heterocycles. The predicted octanol–water partition coefficient (Wildman–Crippen LogP) is 4.54. The van der Waals surface area contributed by atoms with E-state index in [1.807, 2.05) is 75.5 Å². The Balaban J connectivity index is 1.97. The van der Waals surface area contributed by atoms with Crippen LogP contribution >= 0.6 is 0 Å². The van der Waals surface area contributed by atoms with E-state index in [0.717, 1.165) is 48.9 Å². The second kappa shape index (κ2) is 11.8. The van der Waals surface area contributed by atoms with Crippen LogP contribution in [0.1, 0.15) is 75.7 Å². The summed E-state index contributed by atoms with van der Waals surface area (Å²) in [6.45, 7) is 9.36. The lowest BCUT2D eigenvalue weighted by atomic mass is 9.95. The highest BCUT2D eigenvalue weighted by Crippen LogP contribution is 2.33. The van der Waals surface area contributed by atoms with E-state index in [9.17, 15) is 13.2 Å². The van der Waals surface area contributed by atoms with Crippen LogP contribution in [0.2, 0.25) is 0 Å². The third-order valence-corrected chi connectivity index (χ3v) is 8.01. The maximum Gasteiger partial charge on any atom is 0.318 e. The molecule has 1 heterocycles. The van der Waals surface area contributed by atoms with Gasteiger partial charge in [-0.05, 0) is 60.2 Å². The van der Waals surface area contributed by atoms with Gasteiger partial charge in [-0.1, -0.05) is 49.1 Å². The topological polar surface area (TPSA) is 87.5 Å². The Labute approximate surface area is 217 Å². The Morgan fingerprint density at radius 3 is 2.44 bits per heavy atom. The first-order valence-electron chi connectivity index (χ1n) is 12.9. The monoisotopic (exact) mass is 517 g/mol. The van der Waals surface area contributed by atoms with Crippen molar-refractivity contribution in [2.45, 2.75) is 88.8 Å². The minimum absolute atomic E-state index is 0.0694. The number of aromatic nitrogens is 2. The smallest absolute Gasteiger partial charge is 0.318 e. The van der Waals surface area contributed by atoms with Crippen molar-refractivity contribution in [1.29, 1.82) is 0 Å². The van der Waals surface area contributed by atoms with Gasteiger partial charge in [-0.15, -0.1) is 0 Å². The molecule has 0 unspecified atom stereocenters. The van der Waals surface area contributed by atoms with E-state index in [4.69, 9.17) is 0 Å². The zero-order valence-corrected chi connectivity index (χ0v) is 23.6. The highest BCUT2D eigenvalue weighted by molar-refractivity contribution is 7.90. The summed E-state index contributed by atoms with van der Waals surface area (Å²) in [4.78, 5) is 21.5. The molecule has 1 N–H and O–H groups in total. The van der Waals surface area contributed by atoms with Gasteiger partial charge in [0.25, 0.3) is 0 Å². The second-order valence-electron chi connectivity index (χ2n) is 11.3. The molecule has 2 aromatic rings. The molecule has 1 saturated carbocycles. The molecule has 36 heavy (non-hydrogen) atoms. The average Bonchev–Trinajstić information content (AvgIpc) is 3.20. The number of urea groups is 1. The standard InChI is InChI=1S/C27H43N5O3S/c1-21-11-10-12-22(17-21)20-36(34,35)26-28-18-24(32(26)23-13-8-7-9-14-23)19-31(16-15-30(5)6)25(33)29-27(2,3)4/h10-12,17-18,23H,7-9,13-16,19-20H2,1-6H3,(H,29,33). The number of nitrogens with one attached hydrogen (secondary N) is 1. The Hall–Kier alpha value is -2.39. The van der Waals surface area contributed by atoms with E-state index >= 15 is 0 Å². The van der Waals surface area contributed by atoms with Gasteiger partial charge in [0.15, 0.2) is 0 Å². The summed E-state index contributed by atoms with van der Waals surface area (Å²) >= 11 is 0. The quantitative estimate of drug-likeness (QED) is 0.528. The van der Waals surface area contributed by atoms with Crippen molar-refractivity contribution in [2.24, 2.45) is 0 Å². The second-order valence-corrected chi connectivity index (χ2v) is 13.2. The summed E-state index contributed by atoms with van der Waals surface area (Å²) in [5.41, 5.74) is 2.18. The van der Waals surface area contributed by atoms with E-state index in [0.29, 0.717) is 19.6 Å². The Bertz CT molecular complexity index is 1130. The molecule has 0 spiro atoms. The molecule has 1 aromatic carbocycles. The van der Waals surface area contributed by atoms with Crippen LogP contribution < -0.4 is 5.32 Å². The summed E-state index contributed by atoms with van der Waals surface area (Å²) in [6, 6.07) is 7.51. The number of carbonyl (C=O) groups is 1. The lowest BCUT2D eigenvalue weighted by Crippen LogP contribution is -2.49. The van der Waals surface area contributed by atoms with Crippen LogP contribution in [0.25, 0.3) is 0 Å². The van der Waals surface area contributed by atoms with E-state index in [1.54, 1.807) is 11.1 Å². The normalized spacial score (nSPS) is 15.3. The molecule has 0 aliphatic heterocycles. The Morgan fingerprint density at radius 1 is 1.14 bits per heavy atom. The van der Waals surface area contributed by atoms with Gasteiger partial charge in [0.2, 0.25) is 15.0 Å². The Kier molecular flexibility index (Phi) is 9.22. The van der Waals surface area contributed by atoms with Gasteiger partial charge < -0.3 is 19.7 Å². The van der Waals surface area contributed by atoms with Gasteiger partial charge in [-0.2, -0.15) is 0 Å². The molecule has 0 atom stereocenters. The summed E-state index contributed by atoms with van der Waals surface area (Å²) in [5, 5.41) is 3.18. The number of hydrogen-bond acceptors (Lipinski definition) is 5. The first kappa shape index (κ1) is 28.2. The number of hydrogen-bond donors (Lipinski definition) is 1. The molecule has 0 radical (unpaired) electrons. The van der Waals surface area contributed by atoms with Gasteiger partial charge in [-0.3, -0.25) is 0 Å². The zero-order chi connectivity index (χ0) is 26.5. The number of nitrogens with zero attached hydrogens (tertiary/aromatic N) is 4. The zero-order valence-electron chi connectivity index (χ0n) is 22.7. The van der Waals surface area contributed by atoms with Crippen molar-refractivity contribution in [3.05, 3.63) is 47.3 Å². The summed E-state index contributed by atoms with van der Waals surface area (Å²) < 4.78 is 29.2. The van der Waals surface area contributed by atoms with Crippen LogP contribution in [0.3, 0.4) is 0 Å². The van der Waals surface area contributed by atoms with Crippen molar-refractivity contribution in [1.82, 2.24) is 24.7 Å².